The zero-order valence-electron chi connectivity index (χ0n) is 10.2. The molecule has 19 heavy (non-hydrogen) atoms. The summed E-state index contributed by atoms with van der Waals surface area (Å²) < 4.78 is 23.9. The van der Waals surface area contributed by atoms with E-state index in [0.29, 0.717) is 5.13 Å². The summed E-state index contributed by atoms with van der Waals surface area (Å²) in [5.74, 6) is -0.517. The molecule has 0 aliphatic carbocycles. The fourth-order valence-corrected chi connectivity index (χ4v) is 3.15. The lowest BCUT2D eigenvalue weighted by molar-refractivity contribution is 0.102. The van der Waals surface area contributed by atoms with Gasteiger partial charge in [-0.3, -0.25) is 10.1 Å². The van der Waals surface area contributed by atoms with Crippen LogP contribution < -0.4 is 5.32 Å². The van der Waals surface area contributed by atoms with Crippen molar-refractivity contribution in [3.63, 3.8) is 0 Å². The molecule has 1 aromatic heterocycles. The van der Waals surface area contributed by atoms with Crippen LogP contribution in [0.3, 0.4) is 0 Å². The topological polar surface area (TPSA) is 76.1 Å². The van der Waals surface area contributed by atoms with Crippen molar-refractivity contribution in [2.24, 2.45) is 0 Å². The average Bonchev–Trinajstić information content (AvgIpc) is 2.91. The molecule has 1 heterocycles. The average molecular weight is 296 g/mol. The molecule has 0 unspecified atom stereocenters. The molecule has 0 aliphatic heterocycles. The molecule has 0 atom stereocenters. The van der Waals surface area contributed by atoms with Gasteiger partial charge in [-0.25, -0.2) is 13.4 Å². The van der Waals surface area contributed by atoms with Crippen molar-refractivity contribution in [1.29, 1.82) is 0 Å². The van der Waals surface area contributed by atoms with E-state index in [-0.39, 0.29) is 16.2 Å². The van der Waals surface area contributed by atoms with Gasteiger partial charge < -0.3 is 0 Å². The number of nitrogens with one attached hydrogen (secondary N) is 1. The third-order valence-corrected chi connectivity index (χ3v) is 4.97. The largest absolute Gasteiger partial charge is 0.298 e. The van der Waals surface area contributed by atoms with Gasteiger partial charge in [-0.1, -0.05) is 19.1 Å². The van der Waals surface area contributed by atoms with Crippen molar-refractivity contribution in [1.82, 2.24) is 4.98 Å². The second-order valence-electron chi connectivity index (χ2n) is 3.69. The summed E-state index contributed by atoms with van der Waals surface area (Å²) in [5, 5.41) is 4.74. The first-order valence-corrected chi connectivity index (χ1v) is 8.10. The van der Waals surface area contributed by atoms with E-state index >= 15 is 0 Å². The standard InChI is InChI=1S/C12H12N2O3S2/c1-2-19(16,17)10-6-4-3-5-9(10)11(15)14-12-13-7-8-18-12/h3-8H,2H2,1H3,(H,13,14,15). The number of hydrogen-bond donors (Lipinski definition) is 1. The minimum absolute atomic E-state index is 0.0471. The third-order valence-electron chi connectivity index (χ3n) is 2.50. The second kappa shape index (κ2) is 5.50. The number of amides is 1. The molecule has 100 valence electrons. The summed E-state index contributed by atoms with van der Waals surface area (Å²) in [6.07, 6.45) is 1.56. The first kappa shape index (κ1) is 13.7. The Kier molecular flexibility index (Phi) is 3.96. The molecule has 2 rings (SSSR count). The smallest absolute Gasteiger partial charge is 0.258 e. The molecular formula is C12H12N2O3S2. The number of thiazole rings is 1. The maximum atomic E-state index is 12.1. The van der Waals surface area contributed by atoms with E-state index in [1.807, 2.05) is 0 Å². The summed E-state index contributed by atoms with van der Waals surface area (Å²) in [6.45, 7) is 1.55. The highest BCUT2D eigenvalue weighted by atomic mass is 32.2. The number of carbonyl (C=O) groups excluding carboxylic acids is 1. The van der Waals surface area contributed by atoms with Gasteiger partial charge in [0.25, 0.3) is 5.91 Å². The maximum absolute atomic E-state index is 12.1. The number of hydrogen-bond acceptors (Lipinski definition) is 5. The summed E-state index contributed by atoms with van der Waals surface area (Å²) in [5.41, 5.74) is 0.138. The van der Waals surface area contributed by atoms with E-state index < -0.39 is 15.7 Å². The molecule has 0 fully saturated rings. The van der Waals surface area contributed by atoms with Crippen molar-refractivity contribution in [3.8, 4) is 0 Å². The Morgan fingerprint density at radius 1 is 1.37 bits per heavy atom. The Labute approximate surface area is 115 Å². The number of aromatic nitrogens is 1. The Hall–Kier alpha value is -1.73. The van der Waals surface area contributed by atoms with Gasteiger partial charge in [0.15, 0.2) is 15.0 Å². The van der Waals surface area contributed by atoms with E-state index in [4.69, 9.17) is 0 Å². The van der Waals surface area contributed by atoms with Crippen LogP contribution in [0.15, 0.2) is 40.7 Å². The molecule has 0 saturated carbocycles. The van der Waals surface area contributed by atoms with Crippen molar-refractivity contribution < 1.29 is 13.2 Å². The lowest BCUT2D eigenvalue weighted by Crippen LogP contribution is -2.17. The van der Waals surface area contributed by atoms with Gasteiger partial charge in [0, 0.05) is 11.6 Å². The third kappa shape index (κ3) is 2.99. The highest BCUT2D eigenvalue weighted by Crippen LogP contribution is 2.19. The second-order valence-corrected chi connectivity index (χ2v) is 6.83. The molecule has 5 nitrogen and oxygen atoms in total. The summed E-state index contributed by atoms with van der Waals surface area (Å²) >= 11 is 1.27. The minimum Gasteiger partial charge on any atom is -0.298 e. The van der Waals surface area contributed by atoms with Gasteiger partial charge >= 0.3 is 0 Å². The molecule has 2 aromatic rings. The van der Waals surface area contributed by atoms with E-state index in [2.05, 4.69) is 10.3 Å². The zero-order valence-corrected chi connectivity index (χ0v) is 11.8. The molecule has 1 N–H and O–H groups in total. The lowest BCUT2D eigenvalue weighted by Gasteiger charge is -2.08. The van der Waals surface area contributed by atoms with Crippen LogP contribution in [0, 0.1) is 0 Å². The number of anilines is 1. The predicted molar refractivity (Wildman–Crippen MR) is 74.2 cm³/mol. The Morgan fingerprint density at radius 3 is 2.74 bits per heavy atom. The molecule has 0 aliphatic rings. The summed E-state index contributed by atoms with van der Waals surface area (Å²) in [6, 6.07) is 6.16. The maximum Gasteiger partial charge on any atom is 0.258 e. The molecule has 7 heteroatoms. The molecule has 0 bridgehead atoms. The van der Waals surface area contributed by atoms with Gasteiger partial charge in [-0.15, -0.1) is 11.3 Å². The van der Waals surface area contributed by atoms with E-state index in [1.165, 1.54) is 23.5 Å². The highest BCUT2D eigenvalue weighted by Gasteiger charge is 2.20. The molecule has 0 spiro atoms. The van der Waals surface area contributed by atoms with Gasteiger partial charge in [-0.05, 0) is 12.1 Å². The van der Waals surface area contributed by atoms with Crippen molar-refractivity contribution in [2.45, 2.75) is 11.8 Å². The number of nitrogens with zero attached hydrogens (tertiary/aromatic N) is 1. The number of sulfone groups is 1. The van der Waals surface area contributed by atoms with Crippen LogP contribution in [0.25, 0.3) is 0 Å². The van der Waals surface area contributed by atoms with Crippen LogP contribution in [0.2, 0.25) is 0 Å². The first-order chi connectivity index (χ1) is 9.04. The van der Waals surface area contributed by atoms with Crippen molar-refractivity contribution in [2.75, 3.05) is 11.1 Å². The van der Waals surface area contributed by atoms with Crippen LogP contribution in [0.1, 0.15) is 17.3 Å². The number of rotatable bonds is 4. The monoisotopic (exact) mass is 296 g/mol. The van der Waals surface area contributed by atoms with Crippen molar-refractivity contribution >= 4 is 32.2 Å². The number of benzene rings is 1. The fourth-order valence-electron chi connectivity index (χ4n) is 1.53. The zero-order chi connectivity index (χ0) is 13.9. The SMILES string of the molecule is CCS(=O)(=O)c1ccccc1C(=O)Nc1nccs1. The van der Waals surface area contributed by atoms with E-state index in [0.717, 1.165) is 0 Å². The summed E-state index contributed by atoms with van der Waals surface area (Å²) in [7, 11) is -3.43. The Morgan fingerprint density at radius 2 is 2.11 bits per heavy atom. The summed E-state index contributed by atoms with van der Waals surface area (Å²) in [4.78, 5) is 16.1. The van der Waals surface area contributed by atoms with Crippen LogP contribution >= 0.6 is 11.3 Å². The fraction of sp³-hybridized carbons (Fsp3) is 0.167. The minimum atomic E-state index is -3.43. The van der Waals surface area contributed by atoms with Gasteiger partial charge in [0.05, 0.1) is 16.2 Å². The molecule has 1 amide bonds. The quantitative estimate of drug-likeness (QED) is 0.938. The van der Waals surface area contributed by atoms with Gasteiger partial charge in [-0.2, -0.15) is 0 Å². The molecule has 1 aromatic carbocycles. The van der Waals surface area contributed by atoms with E-state index in [1.54, 1.807) is 30.6 Å². The first-order valence-electron chi connectivity index (χ1n) is 5.57. The molecular weight excluding hydrogens is 284 g/mol. The lowest BCUT2D eigenvalue weighted by atomic mass is 10.2. The van der Waals surface area contributed by atoms with Crippen LogP contribution in [-0.4, -0.2) is 25.1 Å². The highest BCUT2D eigenvalue weighted by molar-refractivity contribution is 7.91. The van der Waals surface area contributed by atoms with Gasteiger partial charge in [0.1, 0.15) is 0 Å². The molecule has 0 saturated heterocycles. The van der Waals surface area contributed by atoms with Crippen LogP contribution in [0.5, 0.6) is 0 Å². The predicted octanol–water partition coefficient (Wildman–Crippen LogP) is 2.19. The van der Waals surface area contributed by atoms with Gasteiger partial charge in [0.2, 0.25) is 0 Å². The normalized spacial score (nSPS) is 11.2. The van der Waals surface area contributed by atoms with Crippen LogP contribution in [-0.2, 0) is 9.84 Å². The van der Waals surface area contributed by atoms with Crippen molar-refractivity contribution in [3.05, 3.63) is 41.4 Å². The Balaban J connectivity index is 2.38. The Bertz CT molecular complexity index is 679. The number of carbonyl (C=O) groups is 1. The molecule has 0 radical (unpaired) electrons. The van der Waals surface area contributed by atoms with Crippen LogP contribution in [0.4, 0.5) is 5.13 Å². The van der Waals surface area contributed by atoms with E-state index in [9.17, 15) is 13.2 Å².